The number of likely N-dealkylation sites (N-methyl/N-ethyl adjacent to an activating group) is 1. The molecule has 2 heterocycles. The third-order valence-electron chi connectivity index (χ3n) is 7.45. The summed E-state index contributed by atoms with van der Waals surface area (Å²) in [7, 11) is 0.750. The molecule has 11 nitrogen and oxygen atoms in total. The van der Waals surface area contributed by atoms with Gasteiger partial charge in [-0.15, -0.1) is 0 Å². The van der Waals surface area contributed by atoms with E-state index in [0.717, 1.165) is 5.56 Å². The number of carbonyl (C=O) groups excluding carboxylic acids is 2. The number of hydrogen-bond acceptors (Lipinski definition) is 8. The van der Waals surface area contributed by atoms with E-state index in [1.54, 1.807) is 54.6 Å². The SMILES string of the molecule is COc1cccc(S(=O)(=O)Nc2ccc3c(c2)OC[C@@H](C)N(C(=O)Cc2cccnc2)C[C@@H](C)[C@H](OC)CN(C)C3=O)c1. The number of hydrogen-bond donors (Lipinski definition) is 1. The molecule has 2 aromatic carbocycles. The summed E-state index contributed by atoms with van der Waals surface area (Å²) < 4.78 is 45.9. The number of aromatic nitrogens is 1. The summed E-state index contributed by atoms with van der Waals surface area (Å²) in [6, 6.07) is 13.9. The summed E-state index contributed by atoms with van der Waals surface area (Å²) in [6.07, 6.45) is 3.16. The Morgan fingerprint density at radius 3 is 2.58 bits per heavy atom. The van der Waals surface area contributed by atoms with Crippen LogP contribution in [0.15, 0.2) is 71.9 Å². The average Bonchev–Trinajstić information content (AvgIpc) is 3.00. The molecule has 1 N–H and O–H groups in total. The van der Waals surface area contributed by atoms with Crippen LogP contribution in [0.5, 0.6) is 11.5 Å². The fourth-order valence-electron chi connectivity index (χ4n) is 4.94. The van der Waals surface area contributed by atoms with E-state index >= 15 is 0 Å². The number of ether oxygens (including phenoxy) is 3. The Balaban J connectivity index is 1.66. The third-order valence-corrected chi connectivity index (χ3v) is 8.83. The fraction of sp³-hybridized carbons (Fsp3) is 0.387. The molecule has 230 valence electrons. The molecule has 1 aromatic heterocycles. The Bertz CT molecular complexity index is 1530. The van der Waals surface area contributed by atoms with Crippen LogP contribution in [0.1, 0.15) is 29.8 Å². The molecule has 3 aromatic rings. The summed E-state index contributed by atoms with van der Waals surface area (Å²) in [4.78, 5) is 34.5. The Hall–Kier alpha value is -4.16. The predicted molar refractivity (Wildman–Crippen MR) is 162 cm³/mol. The van der Waals surface area contributed by atoms with Crippen LogP contribution in [0.25, 0.3) is 0 Å². The minimum Gasteiger partial charge on any atom is -0.497 e. The summed E-state index contributed by atoms with van der Waals surface area (Å²) in [5, 5.41) is 0. The zero-order valence-electron chi connectivity index (χ0n) is 25.0. The standard InChI is InChI=1S/C31H38N4O7S/c1-21-18-35(30(36)14-23-8-7-13-32-17-23)22(2)20-42-28-15-24(11-12-27(28)31(37)34(3)19-29(21)41-5)33-43(38,39)26-10-6-9-25(16-26)40-4/h6-13,15-17,21-22,29,33H,14,18-20H2,1-5H3/t21-,22-,29-/m1/s1. The van der Waals surface area contributed by atoms with Gasteiger partial charge in [-0.3, -0.25) is 19.3 Å². The Kier molecular flexibility index (Phi) is 10.3. The molecule has 0 unspecified atom stereocenters. The van der Waals surface area contributed by atoms with Crippen molar-refractivity contribution in [3.8, 4) is 11.5 Å². The quantitative estimate of drug-likeness (QED) is 0.431. The molecule has 0 bridgehead atoms. The number of anilines is 1. The van der Waals surface area contributed by atoms with Gasteiger partial charge in [0.2, 0.25) is 5.91 Å². The number of carbonyl (C=O) groups is 2. The maximum atomic E-state index is 13.5. The second-order valence-electron chi connectivity index (χ2n) is 10.7. The van der Waals surface area contributed by atoms with Crippen LogP contribution in [0.2, 0.25) is 0 Å². The Morgan fingerprint density at radius 1 is 1.09 bits per heavy atom. The van der Waals surface area contributed by atoms with E-state index in [-0.39, 0.29) is 71.3 Å². The molecule has 0 fully saturated rings. The van der Waals surface area contributed by atoms with Gasteiger partial charge >= 0.3 is 0 Å². The van der Waals surface area contributed by atoms with Crippen molar-refractivity contribution in [1.29, 1.82) is 0 Å². The van der Waals surface area contributed by atoms with E-state index in [4.69, 9.17) is 14.2 Å². The lowest BCUT2D eigenvalue weighted by atomic mass is 10.0. The van der Waals surface area contributed by atoms with Crippen LogP contribution in [0.3, 0.4) is 0 Å². The van der Waals surface area contributed by atoms with E-state index in [1.165, 1.54) is 37.4 Å². The Morgan fingerprint density at radius 2 is 1.88 bits per heavy atom. The largest absolute Gasteiger partial charge is 0.497 e. The first kappa shape index (κ1) is 31.8. The molecule has 0 radical (unpaired) electrons. The average molecular weight is 611 g/mol. The fourth-order valence-corrected chi connectivity index (χ4v) is 6.03. The van der Waals surface area contributed by atoms with Crippen molar-refractivity contribution in [3.63, 3.8) is 0 Å². The van der Waals surface area contributed by atoms with Gasteiger partial charge in [-0.05, 0) is 42.8 Å². The lowest BCUT2D eigenvalue weighted by molar-refractivity contribution is -0.134. The number of nitrogens with zero attached hydrogens (tertiary/aromatic N) is 3. The van der Waals surface area contributed by atoms with Crippen molar-refractivity contribution < 1.29 is 32.2 Å². The molecule has 2 amide bonds. The van der Waals surface area contributed by atoms with Gasteiger partial charge in [0.15, 0.2) is 0 Å². The molecule has 3 atom stereocenters. The van der Waals surface area contributed by atoms with Crippen LogP contribution >= 0.6 is 0 Å². The van der Waals surface area contributed by atoms with Gasteiger partial charge in [0.05, 0.1) is 41.8 Å². The normalized spacial score (nSPS) is 19.8. The number of fused-ring (bicyclic) bond motifs is 1. The van der Waals surface area contributed by atoms with E-state index in [2.05, 4.69) is 9.71 Å². The van der Waals surface area contributed by atoms with Crippen molar-refractivity contribution in [2.45, 2.75) is 37.3 Å². The van der Waals surface area contributed by atoms with E-state index in [0.29, 0.717) is 12.3 Å². The molecule has 0 saturated heterocycles. The van der Waals surface area contributed by atoms with Gasteiger partial charge in [-0.25, -0.2) is 8.42 Å². The molecular formula is C31H38N4O7S. The van der Waals surface area contributed by atoms with Crippen LogP contribution < -0.4 is 14.2 Å². The van der Waals surface area contributed by atoms with E-state index in [1.807, 2.05) is 19.9 Å². The van der Waals surface area contributed by atoms with Gasteiger partial charge in [-0.2, -0.15) is 0 Å². The highest BCUT2D eigenvalue weighted by atomic mass is 32.2. The van der Waals surface area contributed by atoms with Crippen molar-refractivity contribution in [1.82, 2.24) is 14.8 Å². The molecule has 0 aliphatic carbocycles. The van der Waals surface area contributed by atoms with Crippen molar-refractivity contribution in [2.24, 2.45) is 5.92 Å². The summed E-state index contributed by atoms with van der Waals surface area (Å²) in [5.74, 6) is 0.110. The number of rotatable bonds is 7. The van der Waals surface area contributed by atoms with Gasteiger partial charge < -0.3 is 24.0 Å². The zero-order valence-corrected chi connectivity index (χ0v) is 25.8. The van der Waals surface area contributed by atoms with Gasteiger partial charge in [-0.1, -0.05) is 19.1 Å². The minimum atomic E-state index is -3.97. The highest BCUT2D eigenvalue weighted by Crippen LogP contribution is 2.29. The Labute approximate surface area is 252 Å². The van der Waals surface area contributed by atoms with Crippen LogP contribution in [-0.4, -0.2) is 88.1 Å². The topological polar surface area (TPSA) is 127 Å². The second-order valence-corrected chi connectivity index (χ2v) is 12.4. The van der Waals surface area contributed by atoms with E-state index in [9.17, 15) is 18.0 Å². The first-order valence-electron chi connectivity index (χ1n) is 13.9. The number of benzene rings is 2. The minimum absolute atomic E-state index is 0.0208. The molecule has 0 saturated carbocycles. The molecule has 43 heavy (non-hydrogen) atoms. The lowest BCUT2D eigenvalue weighted by Crippen LogP contribution is -2.49. The predicted octanol–water partition coefficient (Wildman–Crippen LogP) is 3.47. The van der Waals surface area contributed by atoms with Crippen molar-refractivity contribution in [2.75, 3.05) is 45.7 Å². The van der Waals surface area contributed by atoms with Crippen molar-refractivity contribution >= 4 is 27.5 Å². The number of amides is 2. The second kappa shape index (κ2) is 13.9. The number of nitrogens with one attached hydrogen (secondary N) is 1. The summed E-state index contributed by atoms with van der Waals surface area (Å²) >= 11 is 0. The van der Waals surface area contributed by atoms with Crippen LogP contribution in [0.4, 0.5) is 5.69 Å². The monoisotopic (exact) mass is 610 g/mol. The number of methoxy groups -OCH3 is 2. The molecular weight excluding hydrogens is 572 g/mol. The first-order valence-corrected chi connectivity index (χ1v) is 15.4. The van der Waals surface area contributed by atoms with Crippen LogP contribution in [-0.2, 0) is 26.0 Å². The highest BCUT2D eigenvalue weighted by Gasteiger charge is 2.30. The maximum Gasteiger partial charge on any atom is 0.262 e. The third kappa shape index (κ3) is 7.82. The zero-order chi connectivity index (χ0) is 31.1. The smallest absolute Gasteiger partial charge is 0.262 e. The summed E-state index contributed by atoms with van der Waals surface area (Å²) in [6.45, 7) is 4.60. The number of pyridine rings is 1. The maximum absolute atomic E-state index is 13.5. The van der Waals surface area contributed by atoms with Crippen molar-refractivity contribution in [3.05, 3.63) is 78.1 Å². The highest BCUT2D eigenvalue weighted by molar-refractivity contribution is 7.92. The summed E-state index contributed by atoms with van der Waals surface area (Å²) in [5.41, 5.74) is 1.27. The van der Waals surface area contributed by atoms with E-state index < -0.39 is 10.0 Å². The molecule has 0 spiro atoms. The van der Waals surface area contributed by atoms with Gasteiger partial charge in [0, 0.05) is 57.7 Å². The molecule has 12 heteroatoms. The lowest BCUT2D eigenvalue weighted by Gasteiger charge is -2.36. The number of sulfonamides is 1. The molecule has 1 aliphatic rings. The first-order chi connectivity index (χ1) is 20.5. The van der Waals surface area contributed by atoms with Gasteiger partial charge in [0.1, 0.15) is 18.1 Å². The van der Waals surface area contributed by atoms with Gasteiger partial charge in [0.25, 0.3) is 15.9 Å². The molecule has 4 rings (SSSR count). The van der Waals surface area contributed by atoms with Crippen LogP contribution in [0, 0.1) is 5.92 Å². The molecule has 1 aliphatic heterocycles.